The van der Waals surface area contributed by atoms with E-state index >= 15 is 0 Å². The molecule has 17 heavy (non-hydrogen) atoms. The van der Waals surface area contributed by atoms with Gasteiger partial charge in [0.25, 0.3) is 0 Å². The number of hydrogen-bond donors (Lipinski definition) is 0. The van der Waals surface area contributed by atoms with Gasteiger partial charge in [0.2, 0.25) is 0 Å². The van der Waals surface area contributed by atoms with Crippen LogP contribution >= 0.6 is 11.3 Å². The summed E-state index contributed by atoms with van der Waals surface area (Å²) in [6, 6.07) is 12.1. The van der Waals surface area contributed by atoms with Crippen molar-refractivity contribution in [2.45, 2.75) is 26.2 Å². The highest BCUT2D eigenvalue weighted by molar-refractivity contribution is 7.12. The number of aryl methyl sites for hydroxylation is 1. The Morgan fingerprint density at radius 2 is 1.94 bits per heavy atom. The van der Waals surface area contributed by atoms with Crippen molar-refractivity contribution in [1.29, 1.82) is 0 Å². The zero-order chi connectivity index (χ0) is 12.3. The van der Waals surface area contributed by atoms with Gasteiger partial charge in [0, 0.05) is 5.92 Å². The summed E-state index contributed by atoms with van der Waals surface area (Å²) in [4.78, 5) is 13.4. The second-order valence-corrected chi connectivity index (χ2v) is 5.08. The molecule has 0 aliphatic carbocycles. The second kappa shape index (κ2) is 5.28. The maximum Gasteiger partial charge on any atom is 0.180 e. The molecule has 0 saturated carbocycles. The van der Waals surface area contributed by atoms with Crippen molar-refractivity contribution in [3.05, 3.63) is 57.8 Å². The molecule has 0 bridgehead atoms. The summed E-state index contributed by atoms with van der Waals surface area (Å²) in [6.45, 7) is 4.07. The Morgan fingerprint density at radius 3 is 2.47 bits per heavy atom. The van der Waals surface area contributed by atoms with Gasteiger partial charge in [-0.1, -0.05) is 37.3 Å². The van der Waals surface area contributed by atoms with Crippen molar-refractivity contribution in [2.75, 3.05) is 0 Å². The van der Waals surface area contributed by atoms with Crippen LogP contribution in [0.2, 0.25) is 0 Å². The number of rotatable bonds is 4. The molecule has 0 aliphatic rings. The van der Waals surface area contributed by atoms with E-state index in [2.05, 4.69) is 6.92 Å². The van der Waals surface area contributed by atoms with Crippen molar-refractivity contribution in [1.82, 2.24) is 0 Å². The number of ketones is 1. The van der Waals surface area contributed by atoms with Gasteiger partial charge in [-0.3, -0.25) is 4.79 Å². The molecule has 1 atom stereocenters. The number of carbonyl (C=O) groups excluding carboxylic acids is 1. The molecule has 0 N–H and O–H groups in total. The van der Waals surface area contributed by atoms with Crippen LogP contribution < -0.4 is 0 Å². The molecule has 1 aromatic heterocycles. The third-order valence-electron chi connectivity index (χ3n) is 3.01. The van der Waals surface area contributed by atoms with E-state index in [1.54, 1.807) is 11.3 Å². The lowest BCUT2D eigenvalue weighted by Crippen LogP contribution is -2.11. The zero-order valence-electron chi connectivity index (χ0n) is 10.1. The number of thiophene rings is 1. The van der Waals surface area contributed by atoms with Gasteiger partial charge >= 0.3 is 0 Å². The van der Waals surface area contributed by atoms with Crippen molar-refractivity contribution in [3.63, 3.8) is 0 Å². The Kier molecular flexibility index (Phi) is 3.75. The van der Waals surface area contributed by atoms with Crippen LogP contribution in [0.4, 0.5) is 0 Å². The Balaban J connectivity index is 2.32. The quantitative estimate of drug-likeness (QED) is 0.727. The van der Waals surface area contributed by atoms with Crippen LogP contribution in [-0.2, 0) is 0 Å². The van der Waals surface area contributed by atoms with E-state index in [-0.39, 0.29) is 11.7 Å². The highest BCUT2D eigenvalue weighted by atomic mass is 32.1. The van der Waals surface area contributed by atoms with Crippen LogP contribution in [0.15, 0.2) is 41.8 Å². The normalized spacial score (nSPS) is 12.4. The highest BCUT2D eigenvalue weighted by Gasteiger charge is 2.22. The fourth-order valence-electron chi connectivity index (χ4n) is 2.04. The van der Waals surface area contributed by atoms with E-state index in [0.29, 0.717) is 0 Å². The summed E-state index contributed by atoms with van der Waals surface area (Å²) in [6.07, 6.45) is 0.847. The Labute approximate surface area is 106 Å². The van der Waals surface area contributed by atoms with Crippen LogP contribution in [0.1, 0.15) is 40.1 Å². The fraction of sp³-hybridized carbons (Fsp3) is 0.267. The predicted molar refractivity (Wildman–Crippen MR) is 72.9 cm³/mol. The largest absolute Gasteiger partial charge is 0.293 e. The standard InChI is InChI=1S/C15H16OS/c1-3-13(12-7-5-4-6-8-12)14(16)15-11(2)9-10-17-15/h4-10,13H,3H2,1-2H3. The summed E-state index contributed by atoms with van der Waals surface area (Å²) in [5.41, 5.74) is 2.21. The molecule has 0 saturated heterocycles. The lowest BCUT2D eigenvalue weighted by Gasteiger charge is -2.13. The van der Waals surface area contributed by atoms with E-state index < -0.39 is 0 Å². The lowest BCUT2D eigenvalue weighted by atomic mass is 9.91. The summed E-state index contributed by atoms with van der Waals surface area (Å²) < 4.78 is 0. The average Bonchev–Trinajstić information content (AvgIpc) is 2.77. The first kappa shape index (κ1) is 12.1. The molecular formula is C15H16OS. The van der Waals surface area contributed by atoms with Crippen molar-refractivity contribution < 1.29 is 4.79 Å². The molecule has 88 valence electrons. The predicted octanol–water partition coefficient (Wildman–Crippen LogP) is 4.43. The van der Waals surface area contributed by atoms with Gasteiger partial charge in [-0.15, -0.1) is 11.3 Å². The lowest BCUT2D eigenvalue weighted by molar-refractivity contribution is 0.0961. The monoisotopic (exact) mass is 244 g/mol. The van der Waals surface area contributed by atoms with Crippen molar-refractivity contribution in [2.24, 2.45) is 0 Å². The first-order valence-corrected chi connectivity index (χ1v) is 6.75. The summed E-state index contributed by atoms with van der Waals surface area (Å²) in [5.74, 6) is 0.250. The van der Waals surface area contributed by atoms with Crippen molar-refractivity contribution in [3.8, 4) is 0 Å². The number of hydrogen-bond acceptors (Lipinski definition) is 2. The van der Waals surface area contributed by atoms with E-state index in [9.17, 15) is 4.79 Å². The zero-order valence-corrected chi connectivity index (χ0v) is 11.0. The molecular weight excluding hydrogens is 228 g/mol. The van der Waals surface area contributed by atoms with Crippen LogP contribution in [0.3, 0.4) is 0 Å². The number of Topliss-reactive ketones (excluding diaryl/α,β-unsaturated/α-hetero) is 1. The third-order valence-corrected chi connectivity index (χ3v) is 4.04. The molecule has 0 fully saturated rings. The maximum absolute atomic E-state index is 12.5. The van der Waals surface area contributed by atoms with Gasteiger partial charge < -0.3 is 0 Å². The Bertz CT molecular complexity index is 499. The number of carbonyl (C=O) groups is 1. The molecule has 1 nitrogen and oxygen atoms in total. The Hall–Kier alpha value is -1.41. The van der Waals surface area contributed by atoms with Crippen LogP contribution in [0.5, 0.6) is 0 Å². The topological polar surface area (TPSA) is 17.1 Å². The molecule has 0 radical (unpaired) electrons. The highest BCUT2D eigenvalue weighted by Crippen LogP contribution is 2.28. The smallest absolute Gasteiger partial charge is 0.180 e. The van der Waals surface area contributed by atoms with E-state index in [1.165, 1.54) is 0 Å². The van der Waals surface area contributed by atoms with Crippen LogP contribution in [0.25, 0.3) is 0 Å². The van der Waals surface area contributed by atoms with Crippen LogP contribution in [0, 0.1) is 6.92 Å². The fourth-order valence-corrected chi connectivity index (χ4v) is 2.96. The van der Waals surface area contributed by atoms with Crippen molar-refractivity contribution >= 4 is 17.1 Å². The SMILES string of the molecule is CCC(C(=O)c1sccc1C)c1ccccc1. The van der Waals surface area contributed by atoms with Gasteiger partial charge in [-0.25, -0.2) is 0 Å². The summed E-state index contributed by atoms with van der Waals surface area (Å²) >= 11 is 1.55. The van der Waals surface area contributed by atoms with Gasteiger partial charge in [0.15, 0.2) is 5.78 Å². The minimum atomic E-state index is -0.00597. The van der Waals surface area contributed by atoms with E-state index in [0.717, 1.165) is 22.4 Å². The minimum Gasteiger partial charge on any atom is -0.293 e. The first-order valence-electron chi connectivity index (χ1n) is 5.87. The maximum atomic E-state index is 12.5. The minimum absolute atomic E-state index is 0.00597. The van der Waals surface area contributed by atoms with Gasteiger partial charge in [-0.05, 0) is 35.9 Å². The van der Waals surface area contributed by atoms with E-state index in [4.69, 9.17) is 0 Å². The Morgan fingerprint density at radius 1 is 1.24 bits per heavy atom. The third kappa shape index (κ3) is 2.47. The molecule has 0 aliphatic heterocycles. The molecule has 1 aromatic carbocycles. The van der Waals surface area contributed by atoms with Crippen LogP contribution in [-0.4, -0.2) is 5.78 Å². The molecule has 1 unspecified atom stereocenters. The average molecular weight is 244 g/mol. The molecule has 2 heteroatoms. The number of benzene rings is 1. The molecule has 0 spiro atoms. The van der Waals surface area contributed by atoms with Gasteiger partial charge in [0.05, 0.1) is 4.88 Å². The molecule has 0 amide bonds. The van der Waals surface area contributed by atoms with Gasteiger partial charge in [-0.2, -0.15) is 0 Å². The van der Waals surface area contributed by atoms with Gasteiger partial charge in [0.1, 0.15) is 0 Å². The second-order valence-electron chi connectivity index (χ2n) is 4.17. The van der Waals surface area contributed by atoms with E-state index in [1.807, 2.05) is 48.7 Å². The molecule has 1 heterocycles. The molecule has 2 aromatic rings. The summed E-state index contributed by atoms with van der Waals surface area (Å²) in [7, 11) is 0. The molecule has 2 rings (SSSR count). The summed E-state index contributed by atoms with van der Waals surface area (Å²) in [5, 5.41) is 1.99. The first-order chi connectivity index (χ1) is 8.24.